The molecule has 1 aromatic rings. The lowest BCUT2D eigenvalue weighted by molar-refractivity contribution is 0.198. The number of aliphatic hydroxyl groups excluding tert-OH is 1. The van der Waals surface area contributed by atoms with Gasteiger partial charge in [0.15, 0.2) is 0 Å². The van der Waals surface area contributed by atoms with E-state index < -0.39 is 0 Å². The molecule has 0 spiro atoms. The number of aromatic nitrogens is 1. The van der Waals surface area contributed by atoms with E-state index in [1.54, 1.807) is 13.2 Å². The summed E-state index contributed by atoms with van der Waals surface area (Å²) in [5.41, 5.74) is 0.887. The van der Waals surface area contributed by atoms with Gasteiger partial charge in [-0.3, -0.25) is 0 Å². The summed E-state index contributed by atoms with van der Waals surface area (Å²) < 4.78 is 5.15. The van der Waals surface area contributed by atoms with E-state index in [1.807, 2.05) is 11.0 Å². The number of ether oxygens (including phenoxy) is 1. The number of anilines is 1. The monoisotopic (exact) mass is 228 g/mol. The van der Waals surface area contributed by atoms with Gasteiger partial charge in [0.2, 0.25) is 5.88 Å². The van der Waals surface area contributed by atoms with E-state index in [-0.39, 0.29) is 6.10 Å². The standard InChI is InChI=1S/C10H13ClN2O2/c1-15-10-8(2-3-9(11)12-10)13-5-4-7(14)6-13/h2-3,7,14H,4-6H2,1H3. The van der Waals surface area contributed by atoms with Crippen molar-refractivity contribution < 1.29 is 9.84 Å². The Morgan fingerprint density at radius 3 is 3.00 bits per heavy atom. The van der Waals surface area contributed by atoms with Gasteiger partial charge in [-0.2, -0.15) is 4.98 Å². The van der Waals surface area contributed by atoms with Crippen LogP contribution in [0.3, 0.4) is 0 Å². The highest BCUT2D eigenvalue weighted by Gasteiger charge is 2.23. The van der Waals surface area contributed by atoms with Crippen LogP contribution in [-0.2, 0) is 0 Å². The number of pyridine rings is 1. The van der Waals surface area contributed by atoms with Crippen LogP contribution in [-0.4, -0.2) is 36.4 Å². The van der Waals surface area contributed by atoms with Crippen molar-refractivity contribution in [3.8, 4) is 5.88 Å². The van der Waals surface area contributed by atoms with Crippen molar-refractivity contribution in [1.82, 2.24) is 4.98 Å². The van der Waals surface area contributed by atoms with E-state index in [9.17, 15) is 5.11 Å². The summed E-state index contributed by atoms with van der Waals surface area (Å²) in [6.45, 7) is 1.44. The first-order valence-electron chi connectivity index (χ1n) is 4.84. The predicted octanol–water partition coefficient (Wildman–Crippen LogP) is 1.31. The average Bonchev–Trinajstić information content (AvgIpc) is 2.64. The van der Waals surface area contributed by atoms with Crippen molar-refractivity contribution in [3.05, 3.63) is 17.3 Å². The van der Waals surface area contributed by atoms with Gasteiger partial charge in [-0.25, -0.2) is 0 Å². The molecular formula is C10H13ClN2O2. The topological polar surface area (TPSA) is 45.6 Å². The highest BCUT2D eigenvalue weighted by molar-refractivity contribution is 6.29. The third kappa shape index (κ3) is 2.16. The van der Waals surface area contributed by atoms with Crippen LogP contribution in [0.5, 0.6) is 5.88 Å². The zero-order valence-electron chi connectivity index (χ0n) is 8.48. The maximum atomic E-state index is 9.45. The van der Waals surface area contributed by atoms with Crippen LogP contribution in [0.2, 0.25) is 5.15 Å². The highest BCUT2D eigenvalue weighted by atomic mass is 35.5. The molecule has 2 heterocycles. The lowest BCUT2D eigenvalue weighted by atomic mass is 10.3. The molecular weight excluding hydrogens is 216 g/mol. The van der Waals surface area contributed by atoms with Gasteiger partial charge in [0.25, 0.3) is 0 Å². The Labute approximate surface area is 93.4 Å². The molecule has 4 nitrogen and oxygen atoms in total. The maximum absolute atomic E-state index is 9.45. The Morgan fingerprint density at radius 1 is 1.60 bits per heavy atom. The average molecular weight is 229 g/mol. The first-order valence-corrected chi connectivity index (χ1v) is 5.22. The lowest BCUT2D eigenvalue weighted by Gasteiger charge is -2.19. The van der Waals surface area contributed by atoms with E-state index in [0.29, 0.717) is 17.6 Å². The van der Waals surface area contributed by atoms with Crippen LogP contribution in [0.25, 0.3) is 0 Å². The Balaban J connectivity index is 2.27. The minimum atomic E-state index is -0.259. The highest BCUT2D eigenvalue weighted by Crippen LogP contribution is 2.30. The minimum Gasteiger partial charge on any atom is -0.479 e. The number of β-amino-alcohol motifs (C(OH)–C–C–N with tert-alkyl or cyclic N) is 1. The first-order chi connectivity index (χ1) is 7.20. The zero-order chi connectivity index (χ0) is 10.8. The fourth-order valence-corrected chi connectivity index (χ4v) is 1.90. The molecule has 2 rings (SSSR count). The predicted molar refractivity (Wildman–Crippen MR) is 58.6 cm³/mol. The third-order valence-corrected chi connectivity index (χ3v) is 2.71. The second-order valence-corrected chi connectivity index (χ2v) is 3.94. The van der Waals surface area contributed by atoms with Gasteiger partial charge in [-0.15, -0.1) is 0 Å². The van der Waals surface area contributed by atoms with Gasteiger partial charge in [0.05, 0.1) is 13.2 Å². The van der Waals surface area contributed by atoms with Crippen molar-refractivity contribution in [3.63, 3.8) is 0 Å². The van der Waals surface area contributed by atoms with E-state index in [0.717, 1.165) is 18.7 Å². The van der Waals surface area contributed by atoms with Crippen molar-refractivity contribution in [2.45, 2.75) is 12.5 Å². The zero-order valence-corrected chi connectivity index (χ0v) is 9.24. The Hall–Kier alpha value is -1.00. The summed E-state index contributed by atoms with van der Waals surface area (Å²) >= 11 is 5.77. The molecule has 0 radical (unpaired) electrons. The molecule has 0 saturated carbocycles. The summed E-state index contributed by atoms with van der Waals surface area (Å²) in [4.78, 5) is 6.13. The number of halogens is 1. The molecule has 82 valence electrons. The second kappa shape index (κ2) is 4.24. The van der Waals surface area contributed by atoms with E-state index in [2.05, 4.69) is 4.98 Å². The summed E-state index contributed by atoms with van der Waals surface area (Å²) in [6, 6.07) is 3.59. The summed E-state index contributed by atoms with van der Waals surface area (Å²) in [6.07, 6.45) is 0.525. The molecule has 1 atom stereocenters. The van der Waals surface area contributed by atoms with Crippen molar-refractivity contribution in [2.75, 3.05) is 25.1 Å². The smallest absolute Gasteiger partial charge is 0.238 e. The van der Waals surface area contributed by atoms with Crippen LogP contribution >= 0.6 is 11.6 Å². The summed E-state index contributed by atoms with van der Waals surface area (Å²) in [5.74, 6) is 0.511. The first kappa shape index (κ1) is 10.5. The Bertz CT molecular complexity index is 359. The molecule has 1 aliphatic rings. The van der Waals surface area contributed by atoms with Gasteiger partial charge in [0.1, 0.15) is 10.8 Å². The SMILES string of the molecule is COc1nc(Cl)ccc1N1CCC(O)C1. The van der Waals surface area contributed by atoms with Crippen LogP contribution in [0.1, 0.15) is 6.42 Å². The Morgan fingerprint density at radius 2 is 2.40 bits per heavy atom. The molecule has 1 N–H and O–H groups in total. The van der Waals surface area contributed by atoms with Crippen LogP contribution in [0.4, 0.5) is 5.69 Å². The molecule has 1 saturated heterocycles. The van der Waals surface area contributed by atoms with Crippen LogP contribution < -0.4 is 9.64 Å². The fourth-order valence-electron chi connectivity index (χ4n) is 1.76. The van der Waals surface area contributed by atoms with E-state index in [4.69, 9.17) is 16.3 Å². The van der Waals surface area contributed by atoms with Crippen molar-refractivity contribution >= 4 is 17.3 Å². The molecule has 0 bridgehead atoms. The van der Waals surface area contributed by atoms with Gasteiger partial charge in [0, 0.05) is 13.1 Å². The number of hydrogen-bond donors (Lipinski definition) is 1. The van der Waals surface area contributed by atoms with Crippen LogP contribution in [0, 0.1) is 0 Å². The molecule has 0 amide bonds. The fraction of sp³-hybridized carbons (Fsp3) is 0.500. The normalized spacial score (nSPS) is 20.7. The van der Waals surface area contributed by atoms with Gasteiger partial charge in [-0.05, 0) is 18.6 Å². The molecule has 1 aromatic heterocycles. The number of hydrogen-bond acceptors (Lipinski definition) is 4. The molecule has 15 heavy (non-hydrogen) atoms. The molecule has 0 aromatic carbocycles. The quantitative estimate of drug-likeness (QED) is 0.776. The molecule has 1 aliphatic heterocycles. The Kier molecular flexibility index (Phi) is 2.98. The third-order valence-electron chi connectivity index (χ3n) is 2.50. The van der Waals surface area contributed by atoms with Gasteiger partial charge < -0.3 is 14.7 Å². The largest absolute Gasteiger partial charge is 0.479 e. The lowest BCUT2D eigenvalue weighted by Crippen LogP contribution is -2.21. The number of nitrogens with zero attached hydrogens (tertiary/aromatic N) is 2. The number of methoxy groups -OCH3 is 1. The van der Waals surface area contributed by atoms with E-state index >= 15 is 0 Å². The summed E-state index contributed by atoms with van der Waals surface area (Å²) in [5, 5.41) is 9.86. The van der Waals surface area contributed by atoms with Gasteiger partial charge in [-0.1, -0.05) is 11.6 Å². The van der Waals surface area contributed by atoms with Crippen molar-refractivity contribution in [1.29, 1.82) is 0 Å². The molecule has 1 fully saturated rings. The van der Waals surface area contributed by atoms with Gasteiger partial charge >= 0.3 is 0 Å². The minimum absolute atomic E-state index is 0.259. The van der Waals surface area contributed by atoms with Crippen LogP contribution in [0.15, 0.2) is 12.1 Å². The maximum Gasteiger partial charge on any atom is 0.238 e. The second-order valence-electron chi connectivity index (χ2n) is 3.55. The summed E-state index contributed by atoms with van der Waals surface area (Å²) in [7, 11) is 1.56. The number of aliphatic hydroxyl groups is 1. The molecule has 0 aliphatic carbocycles. The van der Waals surface area contributed by atoms with Crippen molar-refractivity contribution in [2.24, 2.45) is 0 Å². The number of rotatable bonds is 2. The molecule has 5 heteroatoms. The van der Waals surface area contributed by atoms with E-state index in [1.165, 1.54) is 0 Å². The molecule has 1 unspecified atom stereocenters.